The van der Waals surface area contributed by atoms with Crippen LogP contribution < -0.4 is 10.6 Å². The number of nitrogens with one attached hydrogen (secondary N) is 2. The van der Waals surface area contributed by atoms with Crippen LogP contribution in [0, 0.1) is 0 Å². The summed E-state index contributed by atoms with van der Waals surface area (Å²) >= 11 is 0. The van der Waals surface area contributed by atoms with Gasteiger partial charge in [-0.2, -0.15) is 0 Å². The summed E-state index contributed by atoms with van der Waals surface area (Å²) in [6.07, 6.45) is 3.47. The number of rotatable bonds is 7. The van der Waals surface area contributed by atoms with Gasteiger partial charge in [0.2, 0.25) is 5.95 Å². The van der Waals surface area contributed by atoms with Gasteiger partial charge in [-0.1, -0.05) is 25.5 Å². The number of ketones is 1. The van der Waals surface area contributed by atoms with Gasteiger partial charge in [0.1, 0.15) is 5.69 Å². The van der Waals surface area contributed by atoms with Crippen molar-refractivity contribution in [1.29, 1.82) is 0 Å². The van der Waals surface area contributed by atoms with Gasteiger partial charge in [-0.25, -0.2) is 9.97 Å². The van der Waals surface area contributed by atoms with E-state index in [1.165, 1.54) is 13.1 Å². The zero-order chi connectivity index (χ0) is 16.7. The van der Waals surface area contributed by atoms with Crippen LogP contribution in [-0.4, -0.2) is 28.2 Å². The highest BCUT2D eigenvalue weighted by Gasteiger charge is 2.08. The molecule has 0 aliphatic heterocycles. The van der Waals surface area contributed by atoms with Gasteiger partial charge in [-0.3, -0.25) is 9.59 Å². The van der Waals surface area contributed by atoms with Crippen molar-refractivity contribution in [3.05, 3.63) is 47.8 Å². The second kappa shape index (κ2) is 8.03. The van der Waals surface area contributed by atoms with E-state index in [4.69, 9.17) is 0 Å². The Morgan fingerprint density at radius 3 is 2.78 bits per heavy atom. The molecule has 0 unspecified atom stereocenters. The molecule has 1 aromatic carbocycles. The zero-order valence-corrected chi connectivity index (χ0v) is 13.3. The molecule has 0 aliphatic carbocycles. The monoisotopic (exact) mass is 312 g/mol. The molecule has 0 atom stereocenters. The molecule has 0 saturated carbocycles. The number of hydrogen-bond acceptors (Lipinski definition) is 5. The number of carbonyl (C=O) groups is 2. The normalized spacial score (nSPS) is 10.2. The summed E-state index contributed by atoms with van der Waals surface area (Å²) in [7, 11) is 0. The Balaban J connectivity index is 2.09. The van der Waals surface area contributed by atoms with Crippen LogP contribution in [0.1, 0.15) is 47.5 Å². The van der Waals surface area contributed by atoms with Crippen LogP contribution in [0.2, 0.25) is 0 Å². The Labute approximate surface area is 135 Å². The van der Waals surface area contributed by atoms with Crippen molar-refractivity contribution in [2.75, 3.05) is 11.9 Å². The van der Waals surface area contributed by atoms with Crippen LogP contribution in [0.3, 0.4) is 0 Å². The Bertz CT molecular complexity index is 700. The number of anilines is 2. The van der Waals surface area contributed by atoms with Crippen LogP contribution in [0.15, 0.2) is 36.5 Å². The molecule has 2 aromatic rings. The van der Waals surface area contributed by atoms with Gasteiger partial charge in [0.25, 0.3) is 5.91 Å². The van der Waals surface area contributed by atoms with Gasteiger partial charge in [0.05, 0.1) is 0 Å². The number of Topliss-reactive ketones (excluding diaryl/α,β-unsaturated/α-hetero) is 1. The highest BCUT2D eigenvalue weighted by atomic mass is 16.1. The molecule has 23 heavy (non-hydrogen) atoms. The van der Waals surface area contributed by atoms with Crippen LogP contribution in [0.4, 0.5) is 11.6 Å². The van der Waals surface area contributed by atoms with Crippen LogP contribution >= 0.6 is 0 Å². The fourth-order valence-electron chi connectivity index (χ4n) is 1.96. The molecule has 0 bridgehead atoms. The van der Waals surface area contributed by atoms with E-state index in [0.717, 1.165) is 12.8 Å². The predicted octanol–water partition coefficient (Wildman–Crippen LogP) is 2.95. The summed E-state index contributed by atoms with van der Waals surface area (Å²) in [6, 6.07) is 8.62. The van der Waals surface area contributed by atoms with Crippen molar-refractivity contribution >= 4 is 23.3 Å². The third-order valence-corrected chi connectivity index (χ3v) is 3.23. The summed E-state index contributed by atoms with van der Waals surface area (Å²) in [6.45, 7) is 4.20. The van der Waals surface area contributed by atoms with Crippen molar-refractivity contribution in [2.45, 2.75) is 26.7 Å². The lowest BCUT2D eigenvalue weighted by Crippen LogP contribution is -2.25. The molecular weight excluding hydrogens is 292 g/mol. The van der Waals surface area contributed by atoms with Gasteiger partial charge >= 0.3 is 0 Å². The first-order valence-corrected chi connectivity index (χ1v) is 7.59. The summed E-state index contributed by atoms with van der Waals surface area (Å²) < 4.78 is 0. The molecule has 0 radical (unpaired) electrons. The van der Waals surface area contributed by atoms with Crippen LogP contribution in [0.5, 0.6) is 0 Å². The maximum atomic E-state index is 12.0. The maximum absolute atomic E-state index is 12.0. The minimum Gasteiger partial charge on any atom is -0.351 e. The second-order valence-corrected chi connectivity index (χ2v) is 5.14. The minimum absolute atomic E-state index is 0.0152. The second-order valence-electron chi connectivity index (χ2n) is 5.14. The van der Waals surface area contributed by atoms with Gasteiger partial charge < -0.3 is 10.6 Å². The topological polar surface area (TPSA) is 84.0 Å². The van der Waals surface area contributed by atoms with E-state index in [9.17, 15) is 9.59 Å². The first-order chi connectivity index (χ1) is 11.1. The average molecular weight is 312 g/mol. The van der Waals surface area contributed by atoms with Gasteiger partial charge in [0.15, 0.2) is 5.78 Å². The molecule has 2 N–H and O–H groups in total. The fraction of sp³-hybridized carbons (Fsp3) is 0.294. The Morgan fingerprint density at radius 2 is 2.04 bits per heavy atom. The summed E-state index contributed by atoms with van der Waals surface area (Å²) in [5.74, 6) is 0.0776. The number of benzene rings is 1. The van der Waals surface area contributed by atoms with Crippen molar-refractivity contribution in [3.63, 3.8) is 0 Å². The van der Waals surface area contributed by atoms with Crippen molar-refractivity contribution in [1.82, 2.24) is 15.3 Å². The van der Waals surface area contributed by atoms with Crippen molar-refractivity contribution < 1.29 is 9.59 Å². The molecule has 120 valence electrons. The standard InChI is InChI=1S/C17H20N4O2/c1-3-4-9-18-16(23)15-8-10-19-17(21-15)20-14-7-5-6-13(11-14)12(2)22/h5-8,10-11H,3-4,9H2,1-2H3,(H,18,23)(H,19,20,21). The molecule has 0 spiro atoms. The van der Waals surface area contributed by atoms with Crippen LogP contribution in [-0.2, 0) is 0 Å². The molecule has 6 nitrogen and oxygen atoms in total. The number of nitrogens with zero attached hydrogens (tertiary/aromatic N) is 2. The van der Waals surface area contributed by atoms with E-state index in [2.05, 4.69) is 27.5 Å². The number of carbonyl (C=O) groups excluding carboxylic acids is 2. The third kappa shape index (κ3) is 4.88. The molecular formula is C17H20N4O2. The van der Waals surface area contributed by atoms with Gasteiger partial charge in [-0.05, 0) is 31.5 Å². The highest BCUT2D eigenvalue weighted by Crippen LogP contribution is 2.15. The summed E-state index contributed by atoms with van der Waals surface area (Å²) in [4.78, 5) is 31.7. The van der Waals surface area contributed by atoms with E-state index < -0.39 is 0 Å². The molecule has 1 aromatic heterocycles. The fourth-order valence-corrected chi connectivity index (χ4v) is 1.96. The Morgan fingerprint density at radius 1 is 1.22 bits per heavy atom. The molecule has 0 aliphatic rings. The first-order valence-electron chi connectivity index (χ1n) is 7.59. The lowest BCUT2D eigenvalue weighted by atomic mass is 10.1. The van der Waals surface area contributed by atoms with E-state index in [1.807, 2.05) is 6.07 Å². The number of hydrogen-bond donors (Lipinski definition) is 2. The first kappa shape index (κ1) is 16.6. The molecule has 1 heterocycles. The van der Waals surface area contributed by atoms with E-state index in [0.29, 0.717) is 29.4 Å². The summed E-state index contributed by atoms with van der Waals surface area (Å²) in [5, 5.41) is 5.82. The zero-order valence-electron chi connectivity index (χ0n) is 13.3. The lowest BCUT2D eigenvalue weighted by molar-refractivity contribution is 0.0947. The van der Waals surface area contributed by atoms with E-state index in [1.54, 1.807) is 24.3 Å². The molecule has 0 fully saturated rings. The lowest BCUT2D eigenvalue weighted by Gasteiger charge is -2.08. The van der Waals surface area contributed by atoms with Gasteiger partial charge in [0, 0.05) is 24.0 Å². The SMILES string of the molecule is CCCCNC(=O)c1ccnc(Nc2cccc(C(C)=O)c2)n1. The highest BCUT2D eigenvalue weighted by molar-refractivity contribution is 5.95. The number of aromatic nitrogens is 2. The predicted molar refractivity (Wildman–Crippen MR) is 89.0 cm³/mol. The summed E-state index contributed by atoms with van der Waals surface area (Å²) in [5.41, 5.74) is 1.60. The Hall–Kier alpha value is -2.76. The molecule has 6 heteroatoms. The largest absolute Gasteiger partial charge is 0.351 e. The number of amides is 1. The van der Waals surface area contributed by atoms with Gasteiger partial charge in [-0.15, -0.1) is 0 Å². The van der Waals surface area contributed by atoms with Crippen molar-refractivity contribution in [3.8, 4) is 0 Å². The average Bonchev–Trinajstić information content (AvgIpc) is 2.55. The van der Waals surface area contributed by atoms with E-state index >= 15 is 0 Å². The molecule has 0 saturated heterocycles. The van der Waals surface area contributed by atoms with Crippen LogP contribution in [0.25, 0.3) is 0 Å². The molecule has 1 amide bonds. The maximum Gasteiger partial charge on any atom is 0.270 e. The Kier molecular flexibility index (Phi) is 5.80. The third-order valence-electron chi connectivity index (χ3n) is 3.23. The smallest absolute Gasteiger partial charge is 0.270 e. The quantitative estimate of drug-likeness (QED) is 0.606. The number of unbranched alkanes of at least 4 members (excludes halogenated alkanes) is 1. The van der Waals surface area contributed by atoms with Crippen molar-refractivity contribution in [2.24, 2.45) is 0 Å². The molecule has 2 rings (SSSR count). The minimum atomic E-state index is -0.221. The van der Waals surface area contributed by atoms with E-state index in [-0.39, 0.29) is 11.7 Å².